The van der Waals surface area contributed by atoms with Crippen LogP contribution in [0.5, 0.6) is 0 Å². The Kier molecular flexibility index (Phi) is 15.9. The first-order valence-electron chi connectivity index (χ1n) is 24.1. The topological polar surface area (TPSA) is 58.9 Å². The van der Waals surface area contributed by atoms with Crippen molar-refractivity contribution in [2.24, 2.45) is 0 Å². The number of aliphatic hydroxyl groups is 2. The molecular weight excluding hydrogens is 961 g/mol. The largest absolute Gasteiger partial charge is 0.471 e. The second-order valence-electron chi connectivity index (χ2n) is 18.0. The third-order valence-electron chi connectivity index (χ3n) is 13.4. The van der Waals surface area contributed by atoms with Gasteiger partial charge >= 0.3 is 0 Å². The van der Waals surface area contributed by atoms with Crippen molar-refractivity contribution in [1.82, 2.24) is 0 Å². The molecule has 0 fully saturated rings. The van der Waals surface area contributed by atoms with Crippen LogP contribution in [0.2, 0.25) is 0 Å². The lowest BCUT2D eigenvalue weighted by Crippen LogP contribution is -2.03. The monoisotopic (exact) mass is 1020 g/mol. The molecule has 0 aliphatic carbocycles. The maximum atomic E-state index is 9.93. The lowest BCUT2D eigenvalue weighted by molar-refractivity contribution is 0.199. The summed E-state index contributed by atoms with van der Waals surface area (Å²) < 4.78 is 12.8. The van der Waals surface area contributed by atoms with Gasteiger partial charge in [0.25, 0.3) is 0 Å². The highest BCUT2D eigenvalue weighted by Gasteiger charge is 2.20. The number of thioether (sulfide) groups is 2. The molecule has 0 heterocycles. The number of rotatable bonds is 10. The average Bonchev–Trinajstić information content (AvgIpc) is 3.41. The van der Waals surface area contributed by atoms with Crippen LogP contribution in [0.4, 0.5) is 0 Å². The van der Waals surface area contributed by atoms with Gasteiger partial charge in [-0.25, -0.2) is 0 Å². The van der Waals surface area contributed by atoms with Gasteiger partial charge in [-0.05, 0) is 174 Å². The highest BCUT2D eigenvalue weighted by molar-refractivity contribution is 8.22. The van der Waals surface area contributed by atoms with Crippen LogP contribution >= 0.6 is 48.0 Å². The number of aliphatic hydroxyl groups excluding tert-OH is 2. The van der Waals surface area contributed by atoms with Gasteiger partial charge in [-0.15, -0.1) is 0 Å². The fraction of sp³-hybridized carbons (Fsp3) is 0.156. The van der Waals surface area contributed by atoms with E-state index in [9.17, 15) is 10.2 Å². The first kappa shape index (κ1) is 50.6. The van der Waals surface area contributed by atoms with Crippen LogP contribution in [0.15, 0.2) is 194 Å². The van der Waals surface area contributed by atoms with Crippen molar-refractivity contribution < 1.29 is 19.7 Å². The van der Waals surface area contributed by atoms with E-state index in [1.165, 1.54) is 100.0 Å². The Bertz CT molecular complexity index is 3200. The van der Waals surface area contributed by atoms with Crippen molar-refractivity contribution in [2.45, 2.75) is 52.1 Å². The molecule has 8 heteroatoms. The number of ether oxygens (including phenoxy) is 2. The van der Waals surface area contributed by atoms with Gasteiger partial charge in [0.05, 0.1) is 12.2 Å². The summed E-state index contributed by atoms with van der Waals surface area (Å²) in [6.45, 7) is 7.65. The molecule has 0 aromatic heterocycles. The second-order valence-corrected chi connectivity index (χ2v) is 20.8. The fourth-order valence-electron chi connectivity index (χ4n) is 9.72. The minimum Gasteiger partial charge on any atom is -0.471 e. The highest BCUT2D eigenvalue weighted by Crippen LogP contribution is 2.46. The summed E-state index contributed by atoms with van der Waals surface area (Å²) in [5.74, 6) is 0. The smallest absolute Gasteiger partial charge is 0.220 e. The summed E-state index contributed by atoms with van der Waals surface area (Å²) in [5, 5.41) is 29.6. The van der Waals surface area contributed by atoms with Crippen LogP contribution in [-0.4, -0.2) is 31.5 Å². The van der Waals surface area contributed by atoms with E-state index in [-0.39, 0.29) is 12.2 Å². The normalized spacial score (nSPS) is 13.0. The Morgan fingerprint density at radius 2 is 0.528 bits per heavy atom. The number of thiocarbonyl (C=S) groups is 2. The lowest BCUT2D eigenvalue weighted by atomic mass is 9.85. The molecule has 10 aromatic carbocycles. The minimum atomic E-state index is -0.482. The van der Waals surface area contributed by atoms with Crippen molar-refractivity contribution in [1.29, 1.82) is 0 Å². The van der Waals surface area contributed by atoms with Crippen LogP contribution in [0.25, 0.3) is 87.6 Å². The molecule has 0 aliphatic rings. The SMILES string of the molecule is CC(O)c1ccc(-c2c3ccccc3c(-c3ccc(C(C)O)cc3)c3ccccc23)cc1.CSC(=S)OC(C)c1ccc(-c2c3ccccc3c(-c3ccc(C(C)OC(=S)SC)cc3)c3ccccc23)cc1. The van der Waals surface area contributed by atoms with E-state index in [4.69, 9.17) is 33.9 Å². The molecule has 4 atom stereocenters. The fourth-order valence-corrected chi connectivity index (χ4v) is 10.5. The molecule has 0 amide bonds. The number of fused-ring (bicyclic) bond motifs is 4. The maximum absolute atomic E-state index is 9.93. The Balaban J connectivity index is 0.000000182. The maximum Gasteiger partial charge on any atom is 0.220 e. The van der Waals surface area contributed by atoms with Gasteiger partial charge in [0.1, 0.15) is 12.2 Å². The number of hydrogen-bond donors (Lipinski definition) is 2. The molecule has 10 rings (SSSR count). The molecule has 72 heavy (non-hydrogen) atoms. The summed E-state index contributed by atoms with van der Waals surface area (Å²) >= 11 is 13.4. The van der Waals surface area contributed by atoms with Gasteiger partial charge in [-0.3, -0.25) is 0 Å². The van der Waals surface area contributed by atoms with Gasteiger partial charge in [0.2, 0.25) is 8.77 Å². The quantitative estimate of drug-likeness (QED) is 0.104. The molecule has 4 nitrogen and oxygen atoms in total. The van der Waals surface area contributed by atoms with Gasteiger partial charge in [0.15, 0.2) is 0 Å². The molecule has 360 valence electrons. The molecule has 0 radical (unpaired) electrons. The Morgan fingerprint density at radius 3 is 0.708 bits per heavy atom. The van der Waals surface area contributed by atoms with Crippen molar-refractivity contribution in [3.63, 3.8) is 0 Å². The van der Waals surface area contributed by atoms with E-state index >= 15 is 0 Å². The minimum absolute atomic E-state index is 0.0998. The third kappa shape index (κ3) is 10.6. The Labute approximate surface area is 442 Å². The van der Waals surface area contributed by atoms with E-state index in [0.717, 1.165) is 33.4 Å². The van der Waals surface area contributed by atoms with Crippen LogP contribution < -0.4 is 0 Å². The van der Waals surface area contributed by atoms with Crippen molar-refractivity contribution in [2.75, 3.05) is 12.5 Å². The summed E-state index contributed by atoms with van der Waals surface area (Å²) in [6.07, 6.45) is 2.71. The zero-order valence-electron chi connectivity index (χ0n) is 41.1. The van der Waals surface area contributed by atoms with E-state index < -0.39 is 12.2 Å². The molecule has 0 saturated heterocycles. The van der Waals surface area contributed by atoms with Crippen molar-refractivity contribution in [3.05, 3.63) is 216 Å². The lowest BCUT2D eigenvalue weighted by Gasteiger charge is -2.19. The predicted molar refractivity (Wildman–Crippen MR) is 317 cm³/mol. The second kappa shape index (κ2) is 22.6. The average molecular weight is 1020 g/mol. The first-order valence-corrected chi connectivity index (χ1v) is 27.4. The van der Waals surface area contributed by atoms with E-state index in [0.29, 0.717) is 8.77 Å². The molecule has 2 N–H and O–H groups in total. The summed E-state index contributed by atoms with van der Waals surface area (Å²) in [5.41, 5.74) is 13.5. The van der Waals surface area contributed by atoms with Crippen LogP contribution in [0.1, 0.15) is 74.4 Å². The highest BCUT2D eigenvalue weighted by atomic mass is 32.2. The van der Waals surface area contributed by atoms with E-state index in [2.05, 4.69) is 170 Å². The van der Waals surface area contributed by atoms with Gasteiger partial charge < -0.3 is 19.7 Å². The van der Waals surface area contributed by atoms with Crippen molar-refractivity contribution in [3.8, 4) is 44.5 Å². The number of hydrogen-bond acceptors (Lipinski definition) is 8. The molecule has 0 saturated carbocycles. The predicted octanol–water partition coefficient (Wildman–Crippen LogP) is 18.2. The zero-order valence-corrected chi connectivity index (χ0v) is 44.4. The number of benzene rings is 10. The van der Waals surface area contributed by atoms with Crippen LogP contribution in [0, 0.1) is 0 Å². The van der Waals surface area contributed by atoms with Crippen LogP contribution in [0.3, 0.4) is 0 Å². The van der Waals surface area contributed by atoms with Gasteiger partial charge in [0, 0.05) is 0 Å². The standard InChI is InChI=1S/C34H30O2S4.C30H26O2/c1-21(35-33(37)39-3)23-13-17-25(18-14-23)31-27-9-5-7-11-29(27)32(30-12-8-6-10-28(30)31)26-19-15-24(16-20-26)22(2)36-34(38)40-4;1-19(31)21-11-15-23(16-12-21)29-25-7-3-5-9-27(25)30(28-10-6-4-8-26(28)29)24-17-13-22(14-18-24)20(2)32/h5-22H,1-4H3;3-20,31-32H,1-2H3. The Morgan fingerprint density at radius 1 is 0.333 bits per heavy atom. The molecule has 10 aromatic rings. The molecule has 0 spiro atoms. The molecule has 0 bridgehead atoms. The summed E-state index contributed by atoms with van der Waals surface area (Å²) in [4.78, 5) is 0. The van der Waals surface area contributed by atoms with Gasteiger partial charge in [-0.1, -0.05) is 218 Å². The van der Waals surface area contributed by atoms with E-state index in [1.807, 2.05) is 50.6 Å². The third-order valence-corrected chi connectivity index (χ3v) is 15.5. The summed E-state index contributed by atoms with van der Waals surface area (Å²) in [7, 11) is 0. The Hall–Kier alpha value is -6.36. The molecule has 4 unspecified atom stereocenters. The van der Waals surface area contributed by atoms with E-state index in [1.54, 1.807) is 13.8 Å². The van der Waals surface area contributed by atoms with Gasteiger partial charge in [-0.2, -0.15) is 0 Å². The molecule has 0 aliphatic heterocycles. The zero-order chi connectivity index (χ0) is 50.5. The summed E-state index contributed by atoms with van der Waals surface area (Å²) in [6, 6.07) is 68.3. The van der Waals surface area contributed by atoms with Crippen LogP contribution in [-0.2, 0) is 9.47 Å². The van der Waals surface area contributed by atoms with Crippen molar-refractivity contribution >= 4 is 99.8 Å². The molecular formula is C64H56O4S4. The first-order chi connectivity index (χ1) is 34.9.